The number of anilines is 2. The Kier molecular flexibility index (Phi) is 4.37. The molecule has 0 aromatic heterocycles. The molecular weight excluding hydrogens is 214 g/mol. The van der Waals surface area contributed by atoms with Crippen LogP contribution in [0.25, 0.3) is 0 Å². The van der Waals surface area contributed by atoms with Crippen molar-refractivity contribution in [2.75, 3.05) is 23.7 Å². The van der Waals surface area contributed by atoms with Crippen LogP contribution < -0.4 is 16.4 Å². The Bertz CT molecular complexity index is 402. The summed E-state index contributed by atoms with van der Waals surface area (Å²) in [7, 11) is 0. The highest BCUT2D eigenvalue weighted by molar-refractivity contribution is 5.94. The molecule has 0 saturated heterocycles. The number of carbonyl (C=O) groups excluding carboxylic acids is 1. The van der Waals surface area contributed by atoms with Crippen molar-refractivity contribution in [3.63, 3.8) is 0 Å². The van der Waals surface area contributed by atoms with Crippen molar-refractivity contribution in [1.29, 1.82) is 0 Å². The third-order valence-electron chi connectivity index (χ3n) is 2.62. The van der Waals surface area contributed by atoms with Gasteiger partial charge in [-0.1, -0.05) is 13.8 Å². The molecular formula is C13H21N3O. The van der Waals surface area contributed by atoms with E-state index >= 15 is 0 Å². The lowest BCUT2D eigenvalue weighted by molar-refractivity contribution is 0.100. The molecule has 0 heterocycles. The van der Waals surface area contributed by atoms with Crippen LogP contribution >= 0.6 is 0 Å². The molecule has 0 spiro atoms. The fourth-order valence-corrected chi connectivity index (χ4v) is 1.83. The number of primary amides is 1. The fourth-order valence-electron chi connectivity index (χ4n) is 1.83. The standard InChI is InChI=1S/C13H21N3O/c1-4-16(8-9(2)3)12-6-5-10(13(15)17)7-11(12)14/h5-7,9H,4,8,14H2,1-3H3,(H2,15,17). The van der Waals surface area contributed by atoms with Crippen molar-refractivity contribution < 1.29 is 4.79 Å². The van der Waals surface area contributed by atoms with Crippen LogP contribution in [0.2, 0.25) is 0 Å². The Morgan fingerprint density at radius 2 is 2.06 bits per heavy atom. The molecule has 4 heteroatoms. The van der Waals surface area contributed by atoms with E-state index in [4.69, 9.17) is 11.5 Å². The maximum absolute atomic E-state index is 11.0. The average Bonchev–Trinajstić information content (AvgIpc) is 2.25. The predicted molar refractivity (Wildman–Crippen MR) is 72.1 cm³/mol. The van der Waals surface area contributed by atoms with E-state index in [9.17, 15) is 4.79 Å². The van der Waals surface area contributed by atoms with Gasteiger partial charge in [-0.3, -0.25) is 4.79 Å². The molecule has 0 atom stereocenters. The summed E-state index contributed by atoms with van der Waals surface area (Å²) in [6.45, 7) is 8.24. The van der Waals surface area contributed by atoms with Gasteiger partial charge in [0.15, 0.2) is 0 Å². The Hall–Kier alpha value is -1.71. The first-order valence-electron chi connectivity index (χ1n) is 5.90. The van der Waals surface area contributed by atoms with Gasteiger partial charge in [0.05, 0.1) is 11.4 Å². The molecule has 1 amide bonds. The van der Waals surface area contributed by atoms with Crippen molar-refractivity contribution in [3.05, 3.63) is 23.8 Å². The Morgan fingerprint density at radius 1 is 1.41 bits per heavy atom. The zero-order chi connectivity index (χ0) is 13.0. The molecule has 0 aliphatic rings. The molecule has 4 N–H and O–H groups in total. The summed E-state index contributed by atoms with van der Waals surface area (Å²) in [5.41, 5.74) is 13.2. The summed E-state index contributed by atoms with van der Waals surface area (Å²) in [6, 6.07) is 5.22. The van der Waals surface area contributed by atoms with Gasteiger partial charge in [0.1, 0.15) is 0 Å². The smallest absolute Gasteiger partial charge is 0.248 e. The molecule has 0 fully saturated rings. The van der Waals surface area contributed by atoms with E-state index in [-0.39, 0.29) is 0 Å². The third kappa shape index (κ3) is 3.37. The van der Waals surface area contributed by atoms with Crippen molar-refractivity contribution in [2.24, 2.45) is 11.7 Å². The lowest BCUT2D eigenvalue weighted by atomic mass is 10.1. The number of nitrogens with zero attached hydrogens (tertiary/aromatic N) is 1. The van der Waals surface area contributed by atoms with Crippen LogP contribution in [-0.4, -0.2) is 19.0 Å². The first-order chi connectivity index (χ1) is 7.95. The highest BCUT2D eigenvalue weighted by Gasteiger charge is 2.11. The summed E-state index contributed by atoms with van der Waals surface area (Å²) in [5, 5.41) is 0. The van der Waals surface area contributed by atoms with Crippen LogP contribution in [0.1, 0.15) is 31.1 Å². The first-order valence-corrected chi connectivity index (χ1v) is 5.90. The number of carbonyl (C=O) groups is 1. The topological polar surface area (TPSA) is 72.3 Å². The fraction of sp³-hybridized carbons (Fsp3) is 0.462. The van der Waals surface area contributed by atoms with Crippen LogP contribution in [0.15, 0.2) is 18.2 Å². The summed E-state index contributed by atoms with van der Waals surface area (Å²) >= 11 is 0. The highest BCUT2D eigenvalue weighted by atomic mass is 16.1. The maximum Gasteiger partial charge on any atom is 0.248 e. The Morgan fingerprint density at radius 3 is 2.47 bits per heavy atom. The number of nitrogen functional groups attached to an aromatic ring is 1. The third-order valence-corrected chi connectivity index (χ3v) is 2.62. The highest BCUT2D eigenvalue weighted by Crippen LogP contribution is 2.24. The number of hydrogen-bond donors (Lipinski definition) is 2. The van der Waals surface area contributed by atoms with E-state index in [0.717, 1.165) is 18.8 Å². The zero-order valence-electron chi connectivity index (χ0n) is 10.7. The van der Waals surface area contributed by atoms with Gasteiger partial charge in [-0.15, -0.1) is 0 Å². The average molecular weight is 235 g/mol. The number of benzene rings is 1. The second-order valence-electron chi connectivity index (χ2n) is 4.57. The van der Waals surface area contributed by atoms with Crippen LogP contribution in [0.5, 0.6) is 0 Å². The summed E-state index contributed by atoms with van der Waals surface area (Å²) in [5.74, 6) is 0.111. The number of rotatable bonds is 5. The maximum atomic E-state index is 11.0. The monoisotopic (exact) mass is 235 g/mol. The molecule has 0 bridgehead atoms. The second-order valence-corrected chi connectivity index (χ2v) is 4.57. The zero-order valence-corrected chi connectivity index (χ0v) is 10.7. The first kappa shape index (κ1) is 13.4. The number of amides is 1. The van der Waals surface area contributed by atoms with Gasteiger partial charge in [-0.2, -0.15) is 0 Å². The van der Waals surface area contributed by atoms with E-state index < -0.39 is 5.91 Å². The largest absolute Gasteiger partial charge is 0.397 e. The minimum absolute atomic E-state index is 0.449. The van der Waals surface area contributed by atoms with Gasteiger partial charge in [-0.05, 0) is 31.0 Å². The van der Waals surface area contributed by atoms with Crippen molar-refractivity contribution in [2.45, 2.75) is 20.8 Å². The van der Waals surface area contributed by atoms with Gasteiger partial charge in [0.25, 0.3) is 0 Å². The SMILES string of the molecule is CCN(CC(C)C)c1ccc(C(N)=O)cc1N. The van der Waals surface area contributed by atoms with Crippen molar-refractivity contribution >= 4 is 17.3 Å². The molecule has 1 rings (SSSR count). The van der Waals surface area contributed by atoms with E-state index in [1.807, 2.05) is 6.07 Å². The van der Waals surface area contributed by atoms with Gasteiger partial charge in [0.2, 0.25) is 5.91 Å². The summed E-state index contributed by atoms with van der Waals surface area (Å²) in [4.78, 5) is 13.2. The van der Waals surface area contributed by atoms with E-state index in [0.29, 0.717) is 17.2 Å². The Labute approximate surface area is 103 Å². The van der Waals surface area contributed by atoms with E-state index in [1.165, 1.54) is 0 Å². The number of nitrogens with two attached hydrogens (primary N) is 2. The molecule has 0 unspecified atom stereocenters. The lowest BCUT2D eigenvalue weighted by Gasteiger charge is -2.26. The van der Waals surface area contributed by atoms with Gasteiger partial charge in [-0.25, -0.2) is 0 Å². The van der Waals surface area contributed by atoms with Crippen LogP contribution in [0, 0.1) is 5.92 Å². The van der Waals surface area contributed by atoms with Gasteiger partial charge >= 0.3 is 0 Å². The molecule has 0 aliphatic carbocycles. The molecule has 1 aromatic rings. The van der Waals surface area contributed by atoms with Crippen LogP contribution in [0.4, 0.5) is 11.4 Å². The molecule has 0 radical (unpaired) electrons. The molecule has 4 nitrogen and oxygen atoms in total. The van der Waals surface area contributed by atoms with E-state index in [2.05, 4.69) is 25.7 Å². The molecule has 1 aromatic carbocycles. The normalized spacial score (nSPS) is 10.6. The minimum Gasteiger partial charge on any atom is -0.397 e. The lowest BCUT2D eigenvalue weighted by Crippen LogP contribution is -2.28. The summed E-state index contributed by atoms with van der Waals surface area (Å²) < 4.78 is 0. The van der Waals surface area contributed by atoms with Crippen molar-refractivity contribution in [1.82, 2.24) is 0 Å². The predicted octanol–water partition coefficient (Wildman–Crippen LogP) is 1.85. The quantitative estimate of drug-likeness (QED) is 0.765. The molecule has 0 saturated carbocycles. The minimum atomic E-state index is -0.449. The van der Waals surface area contributed by atoms with Gasteiger partial charge < -0.3 is 16.4 Å². The molecule has 0 aliphatic heterocycles. The number of hydrogen-bond acceptors (Lipinski definition) is 3. The molecule has 17 heavy (non-hydrogen) atoms. The summed E-state index contributed by atoms with van der Waals surface area (Å²) in [6.07, 6.45) is 0. The molecule has 94 valence electrons. The van der Waals surface area contributed by atoms with Crippen LogP contribution in [-0.2, 0) is 0 Å². The second kappa shape index (κ2) is 5.57. The van der Waals surface area contributed by atoms with Crippen LogP contribution in [0.3, 0.4) is 0 Å². The van der Waals surface area contributed by atoms with Gasteiger partial charge in [0, 0.05) is 18.7 Å². The van der Waals surface area contributed by atoms with E-state index in [1.54, 1.807) is 12.1 Å². The Balaban J connectivity index is 3.00. The van der Waals surface area contributed by atoms with Crippen molar-refractivity contribution in [3.8, 4) is 0 Å².